The Hall–Kier alpha value is -0.900. The molecule has 0 radical (unpaired) electrons. The Labute approximate surface area is 90.2 Å². The average molecular weight is 209 g/mol. The van der Waals surface area contributed by atoms with Crippen LogP contribution in [0.2, 0.25) is 0 Å². The molecule has 15 heavy (non-hydrogen) atoms. The van der Waals surface area contributed by atoms with E-state index in [4.69, 9.17) is 10.3 Å². The zero-order valence-corrected chi connectivity index (χ0v) is 9.28. The molecule has 0 saturated heterocycles. The second-order valence-electron chi connectivity index (χ2n) is 4.63. The molecule has 1 saturated carbocycles. The summed E-state index contributed by atoms with van der Waals surface area (Å²) in [5.74, 6) is 3.00. The fourth-order valence-electron chi connectivity index (χ4n) is 1.54. The lowest BCUT2D eigenvalue weighted by Crippen LogP contribution is -2.11. The fourth-order valence-corrected chi connectivity index (χ4v) is 1.54. The van der Waals surface area contributed by atoms with Gasteiger partial charge in [-0.1, -0.05) is 12.1 Å². The molecule has 4 nitrogen and oxygen atoms in total. The van der Waals surface area contributed by atoms with Crippen molar-refractivity contribution in [3.8, 4) is 0 Å². The summed E-state index contributed by atoms with van der Waals surface area (Å²) in [5, 5.41) is 3.98. The van der Waals surface area contributed by atoms with Crippen molar-refractivity contribution in [3.05, 3.63) is 11.7 Å². The van der Waals surface area contributed by atoms with Crippen LogP contribution in [0.3, 0.4) is 0 Å². The summed E-state index contributed by atoms with van der Waals surface area (Å²) >= 11 is 0. The highest BCUT2D eigenvalue weighted by Crippen LogP contribution is 2.31. The van der Waals surface area contributed by atoms with Crippen LogP contribution in [-0.2, 0) is 12.8 Å². The Balaban J connectivity index is 1.78. The van der Waals surface area contributed by atoms with E-state index in [9.17, 15) is 0 Å². The van der Waals surface area contributed by atoms with E-state index in [-0.39, 0.29) is 0 Å². The molecule has 1 heterocycles. The van der Waals surface area contributed by atoms with Gasteiger partial charge in [0, 0.05) is 12.8 Å². The molecule has 2 N–H and O–H groups in total. The Kier molecular flexibility index (Phi) is 3.36. The molecule has 0 aliphatic heterocycles. The van der Waals surface area contributed by atoms with Crippen molar-refractivity contribution < 1.29 is 4.52 Å². The predicted molar refractivity (Wildman–Crippen MR) is 57.3 cm³/mol. The lowest BCUT2D eigenvalue weighted by atomic mass is 10.1. The SMILES string of the molecule is CC(CN)CCc1nc(CC2CC2)no1. The molecule has 1 unspecified atom stereocenters. The number of aryl methyl sites for hydroxylation is 1. The first-order valence-corrected chi connectivity index (χ1v) is 5.79. The minimum Gasteiger partial charge on any atom is -0.339 e. The largest absolute Gasteiger partial charge is 0.339 e. The van der Waals surface area contributed by atoms with Gasteiger partial charge in [-0.2, -0.15) is 4.98 Å². The summed E-state index contributed by atoms with van der Waals surface area (Å²) < 4.78 is 5.19. The summed E-state index contributed by atoms with van der Waals surface area (Å²) in [5.41, 5.74) is 5.55. The monoisotopic (exact) mass is 209 g/mol. The molecule has 1 fully saturated rings. The van der Waals surface area contributed by atoms with E-state index in [2.05, 4.69) is 17.1 Å². The maximum Gasteiger partial charge on any atom is 0.226 e. The lowest BCUT2D eigenvalue weighted by molar-refractivity contribution is 0.361. The van der Waals surface area contributed by atoms with Gasteiger partial charge >= 0.3 is 0 Å². The molecular weight excluding hydrogens is 190 g/mol. The van der Waals surface area contributed by atoms with Crippen molar-refractivity contribution in [2.75, 3.05) is 6.54 Å². The molecule has 4 heteroatoms. The van der Waals surface area contributed by atoms with Crippen molar-refractivity contribution in [1.29, 1.82) is 0 Å². The third-order valence-electron chi connectivity index (χ3n) is 2.93. The zero-order chi connectivity index (χ0) is 10.7. The fraction of sp³-hybridized carbons (Fsp3) is 0.818. The molecule has 1 aromatic rings. The second kappa shape index (κ2) is 4.75. The van der Waals surface area contributed by atoms with Crippen LogP contribution in [0.15, 0.2) is 4.52 Å². The number of rotatable bonds is 6. The number of nitrogens with two attached hydrogens (primary N) is 1. The number of nitrogens with zero attached hydrogens (tertiary/aromatic N) is 2. The van der Waals surface area contributed by atoms with Gasteiger partial charge in [-0.25, -0.2) is 0 Å². The van der Waals surface area contributed by atoms with Gasteiger partial charge in [0.1, 0.15) is 0 Å². The van der Waals surface area contributed by atoms with E-state index < -0.39 is 0 Å². The first-order chi connectivity index (χ1) is 7.28. The van der Waals surface area contributed by atoms with Crippen molar-refractivity contribution in [1.82, 2.24) is 10.1 Å². The van der Waals surface area contributed by atoms with E-state index in [0.29, 0.717) is 5.92 Å². The Morgan fingerprint density at radius 3 is 3.00 bits per heavy atom. The molecular formula is C11H19N3O. The minimum atomic E-state index is 0.531. The average Bonchev–Trinajstić information content (AvgIpc) is 2.93. The molecule has 0 aromatic carbocycles. The van der Waals surface area contributed by atoms with Crippen LogP contribution in [0.5, 0.6) is 0 Å². The smallest absolute Gasteiger partial charge is 0.226 e. The Morgan fingerprint density at radius 2 is 2.33 bits per heavy atom. The second-order valence-corrected chi connectivity index (χ2v) is 4.63. The van der Waals surface area contributed by atoms with Crippen molar-refractivity contribution in [2.24, 2.45) is 17.6 Å². The normalized spacial score (nSPS) is 18.0. The zero-order valence-electron chi connectivity index (χ0n) is 9.28. The highest BCUT2D eigenvalue weighted by Gasteiger charge is 2.23. The molecule has 84 valence electrons. The molecule has 0 amide bonds. The highest BCUT2D eigenvalue weighted by molar-refractivity contribution is 4.92. The van der Waals surface area contributed by atoms with Crippen LogP contribution in [-0.4, -0.2) is 16.7 Å². The van der Waals surface area contributed by atoms with Crippen LogP contribution in [0.25, 0.3) is 0 Å². The van der Waals surface area contributed by atoms with E-state index in [1.54, 1.807) is 0 Å². The van der Waals surface area contributed by atoms with Gasteiger partial charge in [-0.15, -0.1) is 0 Å². The molecule has 1 atom stereocenters. The first kappa shape index (κ1) is 10.6. The minimum absolute atomic E-state index is 0.531. The molecule has 0 spiro atoms. The third-order valence-corrected chi connectivity index (χ3v) is 2.93. The molecule has 0 bridgehead atoms. The van der Waals surface area contributed by atoms with Crippen molar-refractivity contribution in [3.63, 3.8) is 0 Å². The van der Waals surface area contributed by atoms with Gasteiger partial charge in [0.2, 0.25) is 5.89 Å². The van der Waals surface area contributed by atoms with E-state index in [1.165, 1.54) is 12.8 Å². The molecule has 1 aromatic heterocycles. The highest BCUT2D eigenvalue weighted by atomic mass is 16.5. The van der Waals surface area contributed by atoms with Crippen LogP contribution >= 0.6 is 0 Å². The van der Waals surface area contributed by atoms with E-state index >= 15 is 0 Å². The van der Waals surface area contributed by atoms with Gasteiger partial charge in [0.25, 0.3) is 0 Å². The van der Waals surface area contributed by atoms with Crippen LogP contribution < -0.4 is 5.73 Å². The quantitative estimate of drug-likeness (QED) is 0.772. The number of hydrogen-bond acceptors (Lipinski definition) is 4. The van der Waals surface area contributed by atoms with Crippen LogP contribution in [0.1, 0.15) is 37.9 Å². The molecule has 1 aliphatic carbocycles. The summed E-state index contributed by atoms with van der Waals surface area (Å²) in [6.07, 6.45) is 5.54. The topological polar surface area (TPSA) is 64.9 Å². The van der Waals surface area contributed by atoms with Gasteiger partial charge in [-0.3, -0.25) is 0 Å². The van der Waals surface area contributed by atoms with Gasteiger partial charge in [0.05, 0.1) is 0 Å². The standard InChI is InChI=1S/C11H19N3O/c1-8(7-12)2-5-11-13-10(14-15-11)6-9-3-4-9/h8-9H,2-7,12H2,1H3. The van der Waals surface area contributed by atoms with Gasteiger partial charge in [-0.05, 0) is 37.6 Å². The maximum atomic E-state index is 5.55. The lowest BCUT2D eigenvalue weighted by Gasteiger charge is -2.03. The van der Waals surface area contributed by atoms with Crippen LogP contribution in [0, 0.1) is 11.8 Å². The summed E-state index contributed by atoms with van der Waals surface area (Å²) in [6, 6.07) is 0. The van der Waals surface area contributed by atoms with E-state index in [1.807, 2.05) is 0 Å². The third kappa shape index (κ3) is 3.30. The molecule has 1 aliphatic rings. The Bertz CT molecular complexity index is 307. The van der Waals surface area contributed by atoms with Crippen LogP contribution in [0.4, 0.5) is 0 Å². The summed E-state index contributed by atoms with van der Waals surface area (Å²) in [4.78, 5) is 4.38. The van der Waals surface area contributed by atoms with Gasteiger partial charge < -0.3 is 10.3 Å². The van der Waals surface area contributed by atoms with E-state index in [0.717, 1.165) is 43.4 Å². The summed E-state index contributed by atoms with van der Waals surface area (Å²) in [6.45, 7) is 2.87. The van der Waals surface area contributed by atoms with Gasteiger partial charge in [0.15, 0.2) is 5.82 Å². The number of hydrogen-bond donors (Lipinski definition) is 1. The Morgan fingerprint density at radius 1 is 1.53 bits per heavy atom. The first-order valence-electron chi connectivity index (χ1n) is 5.79. The van der Waals surface area contributed by atoms with Crippen molar-refractivity contribution >= 4 is 0 Å². The predicted octanol–water partition coefficient (Wildman–Crippen LogP) is 1.55. The number of aromatic nitrogens is 2. The van der Waals surface area contributed by atoms with Crippen molar-refractivity contribution in [2.45, 2.75) is 39.0 Å². The summed E-state index contributed by atoms with van der Waals surface area (Å²) in [7, 11) is 0. The maximum absolute atomic E-state index is 5.55. The molecule has 2 rings (SSSR count).